The topological polar surface area (TPSA) is 52.1 Å². The van der Waals surface area contributed by atoms with Crippen LogP contribution in [0.15, 0.2) is 30.6 Å². The fraction of sp³-hybridized carbons (Fsp3) is 0.214. The molecule has 5 heteroatoms. The van der Waals surface area contributed by atoms with E-state index in [4.69, 9.17) is 4.74 Å². The van der Waals surface area contributed by atoms with Crippen LogP contribution in [0, 0.1) is 13.8 Å². The highest BCUT2D eigenvalue weighted by Gasteiger charge is 2.13. The fourth-order valence-corrected chi connectivity index (χ4v) is 2.21. The van der Waals surface area contributed by atoms with E-state index in [0.717, 1.165) is 16.7 Å². The summed E-state index contributed by atoms with van der Waals surface area (Å²) in [6, 6.07) is 5.65. The first kappa shape index (κ1) is 13.7. The van der Waals surface area contributed by atoms with Crippen molar-refractivity contribution < 1.29 is 9.53 Å². The van der Waals surface area contributed by atoms with Crippen LogP contribution in [-0.2, 0) is 0 Å². The average molecular weight is 321 g/mol. The van der Waals surface area contributed by atoms with Crippen LogP contribution < -0.4 is 4.74 Å². The van der Waals surface area contributed by atoms with Crippen molar-refractivity contribution in [1.29, 1.82) is 0 Å². The molecule has 0 N–H and O–H groups in total. The highest BCUT2D eigenvalue weighted by Crippen LogP contribution is 2.25. The number of rotatable bonds is 4. The van der Waals surface area contributed by atoms with E-state index in [1.54, 1.807) is 18.5 Å². The second-order valence-corrected chi connectivity index (χ2v) is 4.68. The minimum Gasteiger partial charge on any atom is -0.424 e. The molecule has 0 amide bonds. The van der Waals surface area contributed by atoms with Gasteiger partial charge in [0.25, 0.3) is 0 Å². The fourth-order valence-electron chi connectivity index (χ4n) is 1.93. The van der Waals surface area contributed by atoms with Crippen molar-refractivity contribution in [3.8, 4) is 11.8 Å². The number of ether oxygens (including phenoxy) is 1. The molecule has 2 rings (SSSR count). The molecule has 1 aromatic carbocycles. The summed E-state index contributed by atoms with van der Waals surface area (Å²) in [4.78, 5) is 19.8. The molecule has 1 heterocycles. The number of aromatic nitrogens is 2. The number of hydrogen-bond donors (Lipinski definition) is 0. The zero-order chi connectivity index (χ0) is 13.8. The summed E-state index contributed by atoms with van der Waals surface area (Å²) in [6.07, 6.45) is 3.23. The molecule has 0 saturated carbocycles. The first-order valence-corrected chi connectivity index (χ1v) is 6.89. The molecule has 2 aromatic rings. The first-order valence-electron chi connectivity index (χ1n) is 5.77. The Bertz CT molecular complexity index is 577. The summed E-state index contributed by atoms with van der Waals surface area (Å²) in [5.74, 6) is 0.699. The second kappa shape index (κ2) is 5.93. The van der Waals surface area contributed by atoms with Crippen molar-refractivity contribution >= 4 is 21.7 Å². The Balaban J connectivity index is 2.33. The Morgan fingerprint density at radius 1 is 1.21 bits per heavy atom. The molecule has 0 bridgehead atoms. The van der Waals surface area contributed by atoms with Gasteiger partial charge in [-0.15, -0.1) is 0 Å². The Labute approximate surface area is 120 Å². The molecule has 0 spiro atoms. The van der Waals surface area contributed by atoms with Crippen molar-refractivity contribution in [3.05, 3.63) is 47.3 Å². The van der Waals surface area contributed by atoms with Gasteiger partial charge in [-0.1, -0.05) is 15.9 Å². The van der Waals surface area contributed by atoms with Crippen LogP contribution in [0.4, 0.5) is 0 Å². The van der Waals surface area contributed by atoms with E-state index in [1.165, 1.54) is 0 Å². The number of ketones is 1. The predicted molar refractivity (Wildman–Crippen MR) is 76.1 cm³/mol. The zero-order valence-electron chi connectivity index (χ0n) is 10.7. The molecule has 0 aliphatic carbocycles. The van der Waals surface area contributed by atoms with Gasteiger partial charge in [0.1, 0.15) is 5.75 Å². The van der Waals surface area contributed by atoms with Crippen molar-refractivity contribution in [2.75, 3.05) is 5.33 Å². The molecule has 0 unspecified atom stereocenters. The van der Waals surface area contributed by atoms with Gasteiger partial charge < -0.3 is 4.74 Å². The van der Waals surface area contributed by atoms with Gasteiger partial charge in [0.15, 0.2) is 5.78 Å². The van der Waals surface area contributed by atoms with E-state index in [-0.39, 0.29) is 5.78 Å². The van der Waals surface area contributed by atoms with E-state index in [2.05, 4.69) is 25.9 Å². The van der Waals surface area contributed by atoms with Gasteiger partial charge >= 0.3 is 6.01 Å². The van der Waals surface area contributed by atoms with Gasteiger partial charge in [-0.3, -0.25) is 4.79 Å². The smallest absolute Gasteiger partial charge is 0.321 e. The van der Waals surface area contributed by atoms with Crippen molar-refractivity contribution in [3.63, 3.8) is 0 Å². The van der Waals surface area contributed by atoms with Crippen LogP contribution in [0.25, 0.3) is 0 Å². The monoisotopic (exact) mass is 320 g/mol. The molecular formula is C14H13BrN2O2. The maximum atomic E-state index is 11.8. The number of nitrogens with zero attached hydrogens (tertiary/aromatic N) is 2. The van der Waals surface area contributed by atoms with E-state index in [0.29, 0.717) is 17.1 Å². The summed E-state index contributed by atoms with van der Waals surface area (Å²) < 4.78 is 5.56. The van der Waals surface area contributed by atoms with E-state index in [9.17, 15) is 4.79 Å². The van der Waals surface area contributed by atoms with Gasteiger partial charge in [0.05, 0.1) is 5.33 Å². The van der Waals surface area contributed by atoms with Crippen LogP contribution in [0.1, 0.15) is 21.5 Å². The number of aryl methyl sites for hydroxylation is 2. The Hall–Kier alpha value is -1.75. The molecule has 0 atom stereocenters. The van der Waals surface area contributed by atoms with E-state index in [1.807, 2.05) is 26.0 Å². The van der Waals surface area contributed by atoms with Gasteiger partial charge in [0, 0.05) is 18.0 Å². The third kappa shape index (κ3) is 3.17. The Morgan fingerprint density at radius 2 is 1.79 bits per heavy atom. The van der Waals surface area contributed by atoms with Gasteiger partial charge in [-0.05, 0) is 43.2 Å². The van der Waals surface area contributed by atoms with Crippen molar-refractivity contribution in [2.45, 2.75) is 13.8 Å². The minimum atomic E-state index is 0.0671. The number of halogens is 1. The number of carbonyl (C=O) groups excluding carboxylic acids is 1. The lowest BCUT2D eigenvalue weighted by Crippen LogP contribution is -2.06. The van der Waals surface area contributed by atoms with E-state index >= 15 is 0 Å². The molecule has 0 aliphatic heterocycles. The van der Waals surface area contributed by atoms with Gasteiger partial charge in [-0.25, -0.2) is 9.97 Å². The number of carbonyl (C=O) groups is 1. The molecular weight excluding hydrogens is 308 g/mol. The van der Waals surface area contributed by atoms with Crippen molar-refractivity contribution in [1.82, 2.24) is 9.97 Å². The third-order valence-corrected chi connectivity index (χ3v) is 3.17. The van der Waals surface area contributed by atoms with Crippen LogP contribution in [0.5, 0.6) is 11.8 Å². The molecule has 0 aliphatic rings. The number of alkyl halides is 1. The summed E-state index contributed by atoms with van der Waals surface area (Å²) in [5, 5.41) is 0.316. The van der Waals surface area contributed by atoms with Crippen LogP contribution >= 0.6 is 15.9 Å². The first-order chi connectivity index (χ1) is 9.11. The van der Waals surface area contributed by atoms with Crippen LogP contribution in [0.2, 0.25) is 0 Å². The van der Waals surface area contributed by atoms with Crippen LogP contribution in [-0.4, -0.2) is 21.1 Å². The molecule has 0 saturated heterocycles. The Morgan fingerprint density at radius 3 is 2.32 bits per heavy atom. The second-order valence-electron chi connectivity index (χ2n) is 4.12. The summed E-state index contributed by atoms with van der Waals surface area (Å²) >= 11 is 3.19. The molecule has 98 valence electrons. The highest BCUT2D eigenvalue weighted by atomic mass is 79.9. The quantitative estimate of drug-likeness (QED) is 0.639. The number of benzene rings is 1. The highest BCUT2D eigenvalue weighted by molar-refractivity contribution is 9.09. The van der Waals surface area contributed by atoms with Gasteiger partial charge in [0.2, 0.25) is 0 Å². The van der Waals surface area contributed by atoms with Crippen LogP contribution in [0.3, 0.4) is 0 Å². The minimum absolute atomic E-state index is 0.0671. The Kier molecular flexibility index (Phi) is 4.27. The maximum absolute atomic E-state index is 11.8. The summed E-state index contributed by atoms with van der Waals surface area (Å²) in [6.45, 7) is 3.78. The molecule has 4 nitrogen and oxygen atoms in total. The molecule has 0 radical (unpaired) electrons. The van der Waals surface area contributed by atoms with E-state index < -0.39 is 0 Å². The van der Waals surface area contributed by atoms with Gasteiger partial charge in [-0.2, -0.15) is 0 Å². The molecule has 19 heavy (non-hydrogen) atoms. The summed E-state index contributed by atoms with van der Waals surface area (Å²) in [7, 11) is 0. The average Bonchev–Trinajstić information content (AvgIpc) is 2.38. The number of hydrogen-bond acceptors (Lipinski definition) is 4. The largest absolute Gasteiger partial charge is 0.424 e. The maximum Gasteiger partial charge on any atom is 0.321 e. The molecule has 1 aromatic heterocycles. The lowest BCUT2D eigenvalue weighted by molar-refractivity contribution is 0.102. The van der Waals surface area contributed by atoms with Crippen molar-refractivity contribution in [2.24, 2.45) is 0 Å². The predicted octanol–water partition coefficient (Wildman–Crippen LogP) is 3.46. The lowest BCUT2D eigenvalue weighted by Gasteiger charge is -2.10. The SMILES string of the molecule is Cc1cc(Oc2ncccn2)cc(C)c1C(=O)CBr. The third-order valence-electron chi connectivity index (χ3n) is 2.66. The number of Topliss-reactive ketones (excluding diaryl/α,β-unsaturated/α-hetero) is 1. The zero-order valence-corrected chi connectivity index (χ0v) is 12.3. The molecule has 0 fully saturated rings. The summed E-state index contributed by atoms with van der Waals surface area (Å²) in [5.41, 5.74) is 2.50. The lowest BCUT2D eigenvalue weighted by atomic mass is 9.99. The normalized spacial score (nSPS) is 10.3. The standard InChI is InChI=1S/C14H13BrN2O2/c1-9-6-11(19-14-16-4-3-5-17-14)7-10(2)13(9)12(18)8-15/h3-7H,8H2,1-2H3.